The first-order valence-electron chi connectivity index (χ1n) is 10.7. The van der Waals surface area contributed by atoms with Crippen LogP contribution >= 0.6 is 11.6 Å². The quantitative estimate of drug-likeness (QED) is 0.210. The summed E-state index contributed by atoms with van der Waals surface area (Å²) in [4.78, 5) is 32.8. The summed E-state index contributed by atoms with van der Waals surface area (Å²) >= 11 is 3.93. The van der Waals surface area contributed by atoms with Gasteiger partial charge in [-0.3, -0.25) is 14.9 Å². The second-order valence-corrected chi connectivity index (χ2v) is 9.26. The number of nitro groups is 1. The fraction of sp³-hybridized carbons (Fsp3) is 0.261. The van der Waals surface area contributed by atoms with Crippen molar-refractivity contribution in [3.05, 3.63) is 80.6 Å². The van der Waals surface area contributed by atoms with Crippen molar-refractivity contribution in [3.63, 3.8) is 0 Å². The first-order chi connectivity index (χ1) is 17.1. The van der Waals surface area contributed by atoms with E-state index in [2.05, 4.69) is 15.3 Å². The van der Waals surface area contributed by atoms with Gasteiger partial charge in [-0.1, -0.05) is 41.9 Å². The molecule has 0 saturated heterocycles. The van der Waals surface area contributed by atoms with Crippen LogP contribution in [0.15, 0.2) is 48.5 Å². The zero-order chi connectivity index (χ0) is 26.2. The third-order valence-corrected chi connectivity index (χ3v) is 5.63. The summed E-state index contributed by atoms with van der Waals surface area (Å²) in [6.45, 7) is 0.209. The van der Waals surface area contributed by atoms with Crippen LogP contribution in [0, 0.1) is 10.1 Å². The van der Waals surface area contributed by atoms with Gasteiger partial charge in [-0.05, 0) is 35.7 Å². The third-order valence-electron chi connectivity index (χ3n) is 4.91. The summed E-state index contributed by atoms with van der Waals surface area (Å²) in [5, 5.41) is 15.2. The maximum atomic E-state index is 12.0. The van der Waals surface area contributed by atoms with Gasteiger partial charge in [0, 0.05) is 32.1 Å². The molecule has 36 heavy (non-hydrogen) atoms. The summed E-state index contributed by atoms with van der Waals surface area (Å²) in [6, 6.07) is 13.9. The fourth-order valence-electron chi connectivity index (χ4n) is 3.20. The minimum Gasteiger partial charge on any atom is -0.433 e. The molecule has 0 radical (unpaired) electrons. The van der Waals surface area contributed by atoms with Gasteiger partial charge in [0.25, 0.3) is 0 Å². The van der Waals surface area contributed by atoms with E-state index in [0.29, 0.717) is 17.0 Å². The molecule has 0 spiro atoms. The average Bonchev–Trinajstić information content (AvgIpc) is 2.80. The van der Waals surface area contributed by atoms with Crippen molar-refractivity contribution in [1.82, 2.24) is 14.9 Å². The molecule has 11 nitrogen and oxygen atoms in total. The number of carbonyl (C=O) groups excluding carboxylic acids is 1. The van der Waals surface area contributed by atoms with E-state index in [1.807, 2.05) is 30.3 Å². The van der Waals surface area contributed by atoms with Gasteiger partial charge in [0.05, 0.1) is 4.92 Å². The molecule has 1 unspecified atom stereocenters. The van der Waals surface area contributed by atoms with Crippen LogP contribution in [-0.4, -0.2) is 48.6 Å². The molecule has 1 atom stereocenters. The van der Waals surface area contributed by atoms with Crippen molar-refractivity contribution in [1.29, 1.82) is 0 Å². The van der Waals surface area contributed by atoms with Crippen molar-refractivity contribution < 1.29 is 23.2 Å². The number of hydrogen-bond donors (Lipinski definition) is 2. The lowest BCUT2D eigenvalue weighted by Crippen LogP contribution is -2.21. The van der Waals surface area contributed by atoms with Crippen molar-refractivity contribution in [2.24, 2.45) is 0 Å². The van der Waals surface area contributed by atoms with Crippen molar-refractivity contribution in [2.45, 2.75) is 25.1 Å². The van der Waals surface area contributed by atoms with Crippen LogP contribution in [0.1, 0.15) is 23.4 Å². The largest absolute Gasteiger partial charge is 0.433 e. The zero-order valence-electron chi connectivity index (χ0n) is 19.5. The van der Waals surface area contributed by atoms with Gasteiger partial charge in [-0.2, -0.15) is 4.98 Å². The summed E-state index contributed by atoms with van der Waals surface area (Å²) in [5.74, 6) is -1.06. The predicted molar refractivity (Wildman–Crippen MR) is 135 cm³/mol. The van der Waals surface area contributed by atoms with Gasteiger partial charge in [0.2, 0.25) is 11.7 Å². The standard InChI is InChI=1S/C23H24ClN5O6S/c1-28(2)20(30)9-8-16-10-17(24)12-18(11-16)35-23-21(29(31)32)22(26-19(27-23)14-36(33)34)25-13-15-6-4-3-5-7-15/h3-7,10-12H,8-9,13-14H2,1-2H3,(H,33,34)(H,25,26,27). The highest BCUT2D eigenvalue weighted by Gasteiger charge is 2.27. The summed E-state index contributed by atoms with van der Waals surface area (Å²) < 4.78 is 26.5. The van der Waals surface area contributed by atoms with E-state index < -0.39 is 33.3 Å². The van der Waals surface area contributed by atoms with Crippen molar-refractivity contribution in [2.75, 3.05) is 19.4 Å². The number of amides is 1. The molecule has 2 N–H and O–H groups in total. The van der Waals surface area contributed by atoms with Gasteiger partial charge >= 0.3 is 11.6 Å². The summed E-state index contributed by atoms with van der Waals surface area (Å²) in [6.07, 6.45) is 0.610. The molecule has 1 heterocycles. The first-order valence-corrected chi connectivity index (χ1v) is 12.4. The van der Waals surface area contributed by atoms with Crippen molar-refractivity contribution >= 4 is 40.1 Å². The topological polar surface area (TPSA) is 148 Å². The molecule has 0 saturated carbocycles. The Morgan fingerprint density at radius 2 is 1.92 bits per heavy atom. The van der Waals surface area contributed by atoms with Gasteiger partial charge in [-0.25, -0.2) is 9.19 Å². The lowest BCUT2D eigenvalue weighted by Gasteiger charge is -2.13. The number of ether oxygens (including phenoxy) is 1. The van der Waals surface area contributed by atoms with E-state index in [4.69, 9.17) is 16.3 Å². The van der Waals surface area contributed by atoms with E-state index in [1.165, 1.54) is 11.0 Å². The van der Waals surface area contributed by atoms with Gasteiger partial charge in [-0.15, -0.1) is 0 Å². The lowest BCUT2D eigenvalue weighted by molar-refractivity contribution is -0.385. The highest BCUT2D eigenvalue weighted by molar-refractivity contribution is 7.78. The Morgan fingerprint density at radius 1 is 1.19 bits per heavy atom. The predicted octanol–water partition coefficient (Wildman–Crippen LogP) is 4.19. The number of halogens is 1. The Hall–Kier alpha value is -3.61. The molecule has 190 valence electrons. The molecule has 1 aromatic heterocycles. The molecule has 13 heteroatoms. The van der Waals surface area contributed by atoms with Gasteiger partial charge < -0.3 is 19.5 Å². The molecule has 3 rings (SSSR count). The Kier molecular flexibility index (Phi) is 9.28. The molecule has 0 fully saturated rings. The highest BCUT2D eigenvalue weighted by Crippen LogP contribution is 2.36. The molecule has 0 aliphatic heterocycles. The number of aryl methyl sites for hydroxylation is 1. The molecule has 0 bridgehead atoms. The summed E-state index contributed by atoms with van der Waals surface area (Å²) in [5.41, 5.74) is 0.984. The number of anilines is 1. The van der Waals surface area contributed by atoms with Crippen LogP contribution in [0.4, 0.5) is 11.5 Å². The van der Waals surface area contributed by atoms with Crippen molar-refractivity contribution in [3.8, 4) is 11.6 Å². The minimum atomic E-state index is -2.29. The average molecular weight is 534 g/mol. The Balaban J connectivity index is 1.96. The normalized spacial score (nSPS) is 11.6. The van der Waals surface area contributed by atoms with Crippen LogP contribution in [0.25, 0.3) is 0 Å². The number of carbonyl (C=O) groups is 1. The third kappa shape index (κ3) is 7.70. The molecular weight excluding hydrogens is 510 g/mol. The number of rotatable bonds is 11. The second kappa shape index (κ2) is 12.4. The van der Waals surface area contributed by atoms with Crippen LogP contribution in [0.5, 0.6) is 11.6 Å². The number of hydrogen-bond acceptors (Lipinski definition) is 8. The smallest absolute Gasteiger partial charge is 0.373 e. The van der Waals surface area contributed by atoms with E-state index in [1.54, 1.807) is 26.2 Å². The van der Waals surface area contributed by atoms with Crippen LogP contribution in [-0.2, 0) is 34.6 Å². The number of nitrogens with zero attached hydrogens (tertiary/aromatic N) is 4. The molecule has 3 aromatic rings. The summed E-state index contributed by atoms with van der Waals surface area (Å²) in [7, 11) is 3.31. The number of nitrogens with one attached hydrogen (secondary N) is 1. The van der Waals surface area contributed by atoms with Crippen LogP contribution in [0.2, 0.25) is 5.02 Å². The van der Waals surface area contributed by atoms with Crippen LogP contribution < -0.4 is 10.1 Å². The molecule has 2 aromatic carbocycles. The van der Waals surface area contributed by atoms with Crippen LogP contribution in [0.3, 0.4) is 0 Å². The first kappa shape index (κ1) is 27.0. The lowest BCUT2D eigenvalue weighted by atomic mass is 10.1. The SMILES string of the molecule is CN(C)C(=O)CCc1cc(Cl)cc(Oc2nc(CS(=O)O)nc(NCc3ccccc3)c2[N+](=O)[O-])c1. The number of aromatic nitrogens is 2. The molecule has 0 aliphatic rings. The van der Waals surface area contributed by atoms with E-state index >= 15 is 0 Å². The Labute approximate surface area is 214 Å². The highest BCUT2D eigenvalue weighted by atomic mass is 35.5. The molecular formula is C23H24ClN5O6S. The minimum absolute atomic E-state index is 0.0698. The molecule has 0 aliphatic carbocycles. The van der Waals surface area contributed by atoms with E-state index in [-0.39, 0.29) is 36.3 Å². The van der Waals surface area contributed by atoms with E-state index in [9.17, 15) is 23.7 Å². The van der Waals surface area contributed by atoms with Gasteiger partial charge in [0.15, 0.2) is 11.1 Å². The zero-order valence-corrected chi connectivity index (χ0v) is 21.1. The number of benzene rings is 2. The second-order valence-electron chi connectivity index (χ2n) is 7.89. The molecule has 1 amide bonds. The monoisotopic (exact) mass is 533 g/mol. The maximum absolute atomic E-state index is 12.0. The van der Waals surface area contributed by atoms with E-state index in [0.717, 1.165) is 5.56 Å². The fourth-order valence-corrected chi connectivity index (χ4v) is 3.80. The Morgan fingerprint density at radius 3 is 2.56 bits per heavy atom. The maximum Gasteiger partial charge on any atom is 0.373 e. The Bertz CT molecular complexity index is 1280. The van der Waals surface area contributed by atoms with Gasteiger partial charge in [0.1, 0.15) is 17.3 Å².